The van der Waals surface area contributed by atoms with E-state index in [1.807, 2.05) is 0 Å². The van der Waals surface area contributed by atoms with E-state index in [0.717, 1.165) is 118 Å². The van der Waals surface area contributed by atoms with Crippen LogP contribution in [-0.4, -0.2) is 78.7 Å². The van der Waals surface area contributed by atoms with Gasteiger partial charge in [-0.15, -0.1) is 37.2 Å². The Morgan fingerprint density at radius 1 is 0.456 bits per heavy atom. The number of halogens is 3. The molecule has 15 heteroatoms. The Morgan fingerprint density at radius 2 is 0.702 bits per heavy atom. The molecule has 0 aliphatic carbocycles. The van der Waals surface area contributed by atoms with Crippen LogP contribution in [0.2, 0.25) is 0 Å². The van der Waals surface area contributed by atoms with Gasteiger partial charge in [-0.05, 0) is 153 Å². The van der Waals surface area contributed by atoms with E-state index >= 15 is 0 Å². The molecule has 0 radical (unpaired) electrons. The number of methoxy groups -OCH3 is 6. The first-order valence-corrected chi connectivity index (χ1v) is 18.8. The van der Waals surface area contributed by atoms with Crippen molar-refractivity contribution in [2.75, 3.05) is 62.3 Å². The van der Waals surface area contributed by atoms with E-state index in [4.69, 9.17) is 28.4 Å². The van der Waals surface area contributed by atoms with Crippen LogP contribution in [0.25, 0.3) is 0 Å². The summed E-state index contributed by atoms with van der Waals surface area (Å²) in [6.45, 7) is 5.31. The number of fused-ring (bicyclic) bond motifs is 3. The molecule has 0 bridgehead atoms. The normalized spacial score (nSPS) is 18.5. The lowest BCUT2D eigenvalue weighted by atomic mass is 9.69. The third-order valence-corrected chi connectivity index (χ3v) is 12.1. The Hall–Kier alpha value is -2.91. The lowest BCUT2D eigenvalue weighted by Gasteiger charge is -2.39. The molecule has 0 aromatic heterocycles. The maximum absolute atomic E-state index is 5.75. The second-order valence-corrected chi connectivity index (χ2v) is 14.5. The molecule has 0 fully saturated rings. The quantitative estimate of drug-likeness (QED) is 0.150. The number of benzene rings is 3. The minimum atomic E-state index is 0. The van der Waals surface area contributed by atoms with Crippen LogP contribution in [0.15, 0.2) is 36.4 Å². The molecule has 9 N–H and O–H groups in total. The zero-order valence-electron chi connectivity index (χ0n) is 34.6. The van der Waals surface area contributed by atoms with Gasteiger partial charge in [0.15, 0.2) is 34.5 Å². The van der Waals surface area contributed by atoms with Crippen molar-refractivity contribution in [2.45, 2.75) is 89.3 Å². The van der Waals surface area contributed by atoms with Gasteiger partial charge in [0, 0.05) is 18.1 Å². The third-order valence-electron chi connectivity index (χ3n) is 12.1. The predicted octanol–water partition coefficient (Wildman–Crippen LogP) is 6.23. The molecule has 3 aliphatic rings. The molecule has 12 nitrogen and oxygen atoms in total. The van der Waals surface area contributed by atoms with Crippen molar-refractivity contribution in [1.29, 1.82) is 0 Å². The molecule has 3 heterocycles. The zero-order valence-corrected chi connectivity index (χ0v) is 37.0. The number of hydrogen-bond acceptors (Lipinski definition) is 9. The molecule has 3 atom stereocenters. The highest BCUT2D eigenvalue weighted by Gasteiger charge is 2.35. The van der Waals surface area contributed by atoms with Crippen molar-refractivity contribution in [3.05, 3.63) is 69.8 Å². The standard InChI is InChI=1S/C42H59N3O6.3ClH.3H2O/c1-8-42(15-9-33-30-24-39(49-5)36(46-2)21-27(30)12-18-43-33,16-10-34-31-25-40(50-6)37(47-3)22-28(31)13-19-44-34)17-11-35-32-26-41(51-7)38(48-4)23-29(32)14-20-45-35;;;;;;/h21-26,33-35,43-45H,8-20H2,1-7H3;3*1H;3*1H2. The first-order valence-electron chi connectivity index (χ1n) is 18.8. The average molecular weight is 865 g/mol. The van der Waals surface area contributed by atoms with Gasteiger partial charge >= 0.3 is 0 Å². The molecule has 0 spiro atoms. The van der Waals surface area contributed by atoms with Crippen molar-refractivity contribution in [2.24, 2.45) is 5.41 Å². The van der Waals surface area contributed by atoms with Crippen molar-refractivity contribution < 1.29 is 44.8 Å². The molecule has 0 saturated heterocycles. The van der Waals surface area contributed by atoms with E-state index in [2.05, 4.69) is 59.3 Å². The van der Waals surface area contributed by atoms with Crippen LogP contribution in [0.4, 0.5) is 0 Å². The van der Waals surface area contributed by atoms with E-state index in [1.165, 1.54) is 33.4 Å². The van der Waals surface area contributed by atoms with E-state index in [1.54, 1.807) is 42.7 Å². The summed E-state index contributed by atoms with van der Waals surface area (Å²) in [5.74, 6) is 4.83. The van der Waals surface area contributed by atoms with Crippen LogP contribution in [0.3, 0.4) is 0 Å². The number of rotatable bonds is 16. The van der Waals surface area contributed by atoms with Crippen molar-refractivity contribution in [3.63, 3.8) is 0 Å². The van der Waals surface area contributed by atoms with E-state index in [-0.39, 0.29) is 77.2 Å². The number of ether oxygens (including phenoxy) is 6. The summed E-state index contributed by atoms with van der Waals surface area (Å²) in [7, 11) is 10.3. The minimum absolute atomic E-state index is 0. The van der Waals surface area contributed by atoms with Crippen molar-refractivity contribution in [3.8, 4) is 34.5 Å². The third kappa shape index (κ3) is 11.9. The lowest BCUT2D eigenvalue weighted by molar-refractivity contribution is 0.166. The summed E-state index contributed by atoms with van der Waals surface area (Å²) < 4.78 is 34.2. The fraction of sp³-hybridized carbons (Fsp3) is 0.571. The molecule has 3 aliphatic heterocycles. The predicted molar refractivity (Wildman–Crippen MR) is 235 cm³/mol. The smallest absolute Gasteiger partial charge is 0.161 e. The Morgan fingerprint density at radius 3 is 0.930 bits per heavy atom. The summed E-state index contributed by atoms with van der Waals surface area (Å²) in [5, 5.41) is 11.6. The van der Waals surface area contributed by atoms with Gasteiger partial charge in [0.05, 0.1) is 42.7 Å². The molecule has 6 rings (SSSR count). The largest absolute Gasteiger partial charge is 0.493 e. The van der Waals surface area contributed by atoms with Crippen molar-refractivity contribution >= 4 is 37.2 Å². The summed E-state index contributed by atoms with van der Waals surface area (Å²) in [4.78, 5) is 0. The van der Waals surface area contributed by atoms with Crippen LogP contribution in [0.5, 0.6) is 34.5 Å². The molecule has 3 unspecified atom stereocenters. The van der Waals surface area contributed by atoms with Gasteiger partial charge in [0.2, 0.25) is 0 Å². The maximum atomic E-state index is 5.75. The molecule has 3 aromatic rings. The Bertz CT molecular complexity index is 1480. The first-order chi connectivity index (χ1) is 24.9. The fourth-order valence-corrected chi connectivity index (χ4v) is 8.94. The second kappa shape index (κ2) is 24.9. The number of nitrogens with one attached hydrogen (secondary N) is 3. The molecule has 3 aromatic carbocycles. The highest BCUT2D eigenvalue weighted by Crippen LogP contribution is 2.47. The molecular formula is C42H68Cl3N3O9. The summed E-state index contributed by atoms with van der Waals surface area (Å²) in [5.41, 5.74) is 8.27. The SMILES string of the molecule is CCC(CCC1NCCc2cc(OC)c(OC)cc21)(CCC1NCCc2cc(OC)c(OC)cc21)CCC1NCCc2cc(OC)c(OC)cc21.Cl.Cl.Cl.O.O.O. The number of hydrogen-bond donors (Lipinski definition) is 3. The molecular weight excluding hydrogens is 797 g/mol. The van der Waals surface area contributed by atoms with Gasteiger partial charge in [-0.2, -0.15) is 0 Å². The Balaban J connectivity index is 0.00000523. The van der Waals surface area contributed by atoms with Gasteiger partial charge < -0.3 is 60.8 Å². The highest BCUT2D eigenvalue weighted by atomic mass is 35.5. The van der Waals surface area contributed by atoms with E-state index in [9.17, 15) is 0 Å². The molecule has 0 amide bonds. The van der Waals surface area contributed by atoms with Crippen LogP contribution in [0, 0.1) is 5.41 Å². The van der Waals surface area contributed by atoms with Gasteiger partial charge in [-0.3, -0.25) is 0 Å². The Labute approximate surface area is 358 Å². The van der Waals surface area contributed by atoms with Gasteiger partial charge in [0.1, 0.15) is 0 Å². The van der Waals surface area contributed by atoms with Crippen molar-refractivity contribution in [1.82, 2.24) is 16.0 Å². The zero-order chi connectivity index (χ0) is 36.0. The van der Waals surface area contributed by atoms with Crippen LogP contribution in [0.1, 0.15) is 103 Å². The second-order valence-electron chi connectivity index (χ2n) is 14.5. The topological polar surface area (TPSA) is 186 Å². The molecule has 326 valence electrons. The lowest BCUT2D eigenvalue weighted by Crippen LogP contribution is -2.34. The average Bonchev–Trinajstić information content (AvgIpc) is 3.18. The summed E-state index contributed by atoms with van der Waals surface area (Å²) in [6.07, 6.45) is 10.7. The summed E-state index contributed by atoms with van der Waals surface area (Å²) >= 11 is 0. The Kier molecular flexibility index (Phi) is 23.6. The fourth-order valence-electron chi connectivity index (χ4n) is 8.94. The van der Waals surface area contributed by atoms with E-state index < -0.39 is 0 Å². The van der Waals surface area contributed by atoms with Crippen LogP contribution in [-0.2, 0) is 19.3 Å². The van der Waals surface area contributed by atoms with E-state index in [0.29, 0.717) is 0 Å². The minimum Gasteiger partial charge on any atom is -0.493 e. The van der Waals surface area contributed by atoms with Crippen LogP contribution < -0.4 is 44.4 Å². The summed E-state index contributed by atoms with van der Waals surface area (Å²) in [6, 6.07) is 14.0. The van der Waals surface area contributed by atoms with Gasteiger partial charge in [0.25, 0.3) is 0 Å². The molecule has 57 heavy (non-hydrogen) atoms. The monoisotopic (exact) mass is 863 g/mol. The molecule has 0 saturated carbocycles. The van der Waals surface area contributed by atoms with Gasteiger partial charge in [-0.1, -0.05) is 13.3 Å². The van der Waals surface area contributed by atoms with Gasteiger partial charge in [-0.25, -0.2) is 0 Å². The first kappa shape index (κ1) is 54.1. The van der Waals surface area contributed by atoms with Crippen LogP contribution >= 0.6 is 37.2 Å². The maximum Gasteiger partial charge on any atom is 0.161 e. The highest BCUT2D eigenvalue weighted by molar-refractivity contribution is 5.86.